The lowest BCUT2D eigenvalue weighted by atomic mass is 9.94. The summed E-state index contributed by atoms with van der Waals surface area (Å²) >= 11 is 0. The van der Waals surface area contributed by atoms with Crippen molar-refractivity contribution >= 4 is 12.1 Å². The van der Waals surface area contributed by atoms with Gasteiger partial charge in [-0.05, 0) is 39.2 Å². The molecule has 0 spiro atoms. The number of hydrogen-bond donors (Lipinski definition) is 0. The maximum Gasteiger partial charge on any atom is 0.411 e. The minimum Gasteiger partial charge on any atom is -0.468 e. The Kier molecular flexibility index (Phi) is 9.45. The van der Waals surface area contributed by atoms with Gasteiger partial charge in [-0.25, -0.2) is 4.79 Å². The molecular weight excluding hydrogens is 434 g/mol. The number of amides is 1. The number of carbonyl (C=O) groups excluding carboxylic acids is 2. The monoisotopic (exact) mass is 479 g/mol. The second-order valence-corrected chi connectivity index (χ2v) is 10.5. The van der Waals surface area contributed by atoms with E-state index in [4.69, 9.17) is 9.47 Å². The average Bonchev–Trinajstić information content (AvgIpc) is 3.16. The van der Waals surface area contributed by atoms with E-state index >= 15 is 0 Å². The minimum atomic E-state index is -0.202. The van der Waals surface area contributed by atoms with Gasteiger partial charge in [0.2, 0.25) is 0 Å². The molecule has 4 aliphatic rings. The molecule has 1 aliphatic carbocycles. The number of rotatable bonds is 9. The van der Waals surface area contributed by atoms with Gasteiger partial charge in [-0.15, -0.1) is 0 Å². The number of methoxy groups -OCH3 is 1. The fourth-order valence-corrected chi connectivity index (χ4v) is 6.10. The van der Waals surface area contributed by atoms with Crippen LogP contribution in [-0.4, -0.2) is 134 Å². The second-order valence-electron chi connectivity index (χ2n) is 10.5. The van der Waals surface area contributed by atoms with Crippen molar-refractivity contribution in [2.75, 3.05) is 79.1 Å². The molecule has 4 rings (SSSR count). The van der Waals surface area contributed by atoms with Crippen LogP contribution < -0.4 is 0 Å². The Morgan fingerprint density at radius 2 is 1.50 bits per heavy atom. The molecule has 0 aromatic carbocycles. The molecule has 0 N–H and O–H groups in total. The number of carbonyl (C=O) groups is 2. The summed E-state index contributed by atoms with van der Waals surface area (Å²) in [6.07, 6.45) is 8.80. The third-order valence-electron chi connectivity index (χ3n) is 8.33. The van der Waals surface area contributed by atoms with E-state index in [-0.39, 0.29) is 24.3 Å². The topological polar surface area (TPSA) is 68.8 Å². The minimum absolute atomic E-state index is 0.0543. The zero-order valence-corrected chi connectivity index (χ0v) is 21.3. The summed E-state index contributed by atoms with van der Waals surface area (Å²) in [5.41, 5.74) is 0. The normalized spacial score (nSPS) is 28.9. The van der Waals surface area contributed by atoms with E-state index in [2.05, 4.69) is 26.5 Å². The first-order chi connectivity index (χ1) is 16.5. The summed E-state index contributed by atoms with van der Waals surface area (Å²) in [5, 5.41) is 0. The SMILES string of the molecule is COC(=O)CN1CCN(C2OC(=O)N(CCCCN3CCN(C4CCCCC4)CC3)C2C)CC1. The molecule has 0 bridgehead atoms. The van der Waals surface area contributed by atoms with Crippen LogP contribution in [0.5, 0.6) is 0 Å². The quantitative estimate of drug-likeness (QED) is 0.366. The summed E-state index contributed by atoms with van der Waals surface area (Å²) in [6.45, 7) is 12.3. The number of esters is 1. The van der Waals surface area contributed by atoms with Gasteiger partial charge in [0.25, 0.3) is 0 Å². The van der Waals surface area contributed by atoms with Gasteiger partial charge in [0, 0.05) is 64.9 Å². The van der Waals surface area contributed by atoms with Gasteiger partial charge >= 0.3 is 12.1 Å². The molecule has 9 nitrogen and oxygen atoms in total. The molecule has 2 unspecified atom stereocenters. The zero-order valence-electron chi connectivity index (χ0n) is 21.3. The molecule has 1 saturated carbocycles. The smallest absolute Gasteiger partial charge is 0.411 e. The Labute approximate surface area is 205 Å². The Balaban J connectivity index is 1.12. The molecular formula is C25H45N5O4. The molecule has 3 heterocycles. The van der Waals surface area contributed by atoms with Crippen LogP contribution in [0, 0.1) is 0 Å². The molecule has 34 heavy (non-hydrogen) atoms. The Hall–Kier alpha value is -1.42. The lowest BCUT2D eigenvalue weighted by molar-refractivity contribution is -0.142. The van der Waals surface area contributed by atoms with Crippen molar-refractivity contribution in [3.05, 3.63) is 0 Å². The maximum absolute atomic E-state index is 12.6. The summed E-state index contributed by atoms with van der Waals surface area (Å²) < 4.78 is 10.5. The lowest BCUT2D eigenvalue weighted by Gasteiger charge is -2.40. The van der Waals surface area contributed by atoms with Crippen LogP contribution in [-0.2, 0) is 14.3 Å². The molecule has 2 atom stereocenters. The van der Waals surface area contributed by atoms with Crippen molar-refractivity contribution in [2.24, 2.45) is 0 Å². The van der Waals surface area contributed by atoms with Gasteiger partial charge in [-0.2, -0.15) is 0 Å². The van der Waals surface area contributed by atoms with Gasteiger partial charge in [0.1, 0.15) is 0 Å². The summed E-state index contributed by atoms with van der Waals surface area (Å²) in [6, 6.07) is 0.890. The molecule has 1 amide bonds. The zero-order chi connectivity index (χ0) is 23.9. The second kappa shape index (κ2) is 12.5. The van der Waals surface area contributed by atoms with E-state index in [1.165, 1.54) is 65.4 Å². The third-order valence-corrected chi connectivity index (χ3v) is 8.33. The van der Waals surface area contributed by atoms with E-state index in [1.54, 1.807) is 0 Å². The highest BCUT2D eigenvalue weighted by atomic mass is 16.6. The summed E-state index contributed by atoms with van der Waals surface area (Å²) in [7, 11) is 1.42. The molecule has 0 aromatic heterocycles. The van der Waals surface area contributed by atoms with Crippen LogP contribution in [0.1, 0.15) is 51.9 Å². The van der Waals surface area contributed by atoms with Crippen molar-refractivity contribution in [3.8, 4) is 0 Å². The van der Waals surface area contributed by atoms with Crippen molar-refractivity contribution in [3.63, 3.8) is 0 Å². The van der Waals surface area contributed by atoms with Gasteiger partial charge in [-0.3, -0.25) is 19.5 Å². The molecule has 4 fully saturated rings. The van der Waals surface area contributed by atoms with Gasteiger partial charge in [-0.1, -0.05) is 19.3 Å². The number of nitrogens with zero attached hydrogens (tertiary/aromatic N) is 5. The van der Waals surface area contributed by atoms with Gasteiger partial charge in [0.15, 0.2) is 6.23 Å². The molecule has 0 radical (unpaired) electrons. The fourth-order valence-electron chi connectivity index (χ4n) is 6.10. The standard InChI is InChI=1S/C25H45N5O4/c1-21-24(29-18-14-27(15-19-29)20-23(31)33-2)34-25(32)30(21)11-7-6-10-26-12-16-28(17-13-26)22-8-4-3-5-9-22/h21-22,24H,3-20H2,1-2H3. The number of ether oxygens (including phenoxy) is 2. The number of piperazine rings is 2. The first-order valence-electron chi connectivity index (χ1n) is 13.5. The van der Waals surface area contributed by atoms with Crippen molar-refractivity contribution in [2.45, 2.75) is 70.2 Å². The first-order valence-corrected chi connectivity index (χ1v) is 13.5. The fraction of sp³-hybridized carbons (Fsp3) is 0.920. The van der Waals surface area contributed by atoms with E-state index in [1.807, 2.05) is 4.90 Å². The maximum atomic E-state index is 12.6. The Morgan fingerprint density at radius 1 is 0.882 bits per heavy atom. The average molecular weight is 480 g/mol. The predicted octanol–water partition coefficient (Wildman–Crippen LogP) is 1.67. The van der Waals surface area contributed by atoms with E-state index in [0.717, 1.165) is 58.2 Å². The first kappa shape index (κ1) is 25.7. The van der Waals surface area contributed by atoms with Crippen LogP contribution in [0.3, 0.4) is 0 Å². The Morgan fingerprint density at radius 3 is 2.18 bits per heavy atom. The molecule has 194 valence electrons. The Bertz CT molecular complexity index is 658. The highest BCUT2D eigenvalue weighted by Gasteiger charge is 2.42. The van der Waals surface area contributed by atoms with Gasteiger partial charge in [0.05, 0.1) is 19.7 Å². The van der Waals surface area contributed by atoms with Crippen LogP contribution >= 0.6 is 0 Å². The predicted molar refractivity (Wildman–Crippen MR) is 131 cm³/mol. The van der Waals surface area contributed by atoms with Crippen molar-refractivity contribution in [1.82, 2.24) is 24.5 Å². The van der Waals surface area contributed by atoms with Crippen molar-refractivity contribution < 1.29 is 19.1 Å². The molecule has 3 saturated heterocycles. The van der Waals surface area contributed by atoms with Crippen LogP contribution in [0.4, 0.5) is 4.79 Å². The lowest BCUT2D eigenvalue weighted by Crippen LogP contribution is -2.54. The molecule has 9 heteroatoms. The molecule has 3 aliphatic heterocycles. The summed E-state index contributed by atoms with van der Waals surface area (Å²) in [4.78, 5) is 35.6. The van der Waals surface area contributed by atoms with E-state index in [0.29, 0.717) is 6.54 Å². The molecule has 0 aromatic rings. The number of cyclic esters (lactones) is 1. The van der Waals surface area contributed by atoms with Crippen LogP contribution in [0.2, 0.25) is 0 Å². The van der Waals surface area contributed by atoms with Crippen LogP contribution in [0.15, 0.2) is 0 Å². The number of unbranched alkanes of at least 4 members (excludes halogenated alkanes) is 1. The third kappa shape index (κ3) is 6.62. The number of hydrogen-bond acceptors (Lipinski definition) is 8. The van der Waals surface area contributed by atoms with Crippen LogP contribution in [0.25, 0.3) is 0 Å². The van der Waals surface area contributed by atoms with Crippen molar-refractivity contribution in [1.29, 1.82) is 0 Å². The van der Waals surface area contributed by atoms with E-state index in [9.17, 15) is 9.59 Å². The van der Waals surface area contributed by atoms with Gasteiger partial charge < -0.3 is 19.3 Å². The highest BCUT2D eigenvalue weighted by molar-refractivity contribution is 5.71. The highest BCUT2D eigenvalue weighted by Crippen LogP contribution is 2.25. The van der Waals surface area contributed by atoms with E-state index < -0.39 is 0 Å². The summed E-state index contributed by atoms with van der Waals surface area (Å²) in [5.74, 6) is -0.202. The largest absolute Gasteiger partial charge is 0.468 e.